The number of hydrogen-bond acceptors (Lipinski definition) is 4. The van der Waals surface area contributed by atoms with Crippen LogP contribution in [0.25, 0.3) is 11.1 Å². The average molecular weight is 330 g/mol. The molecule has 1 heterocycles. The summed E-state index contributed by atoms with van der Waals surface area (Å²) in [6.07, 6.45) is 0.829. The van der Waals surface area contributed by atoms with E-state index in [1.165, 1.54) is 0 Å². The standard InChI is InChI=1S/C17H18N2O5/c1-8(2)7-9-3-5-10(6-4-9)11-12(16(21)22)14(18)19-15(20)13(11)17(23)24/h3-6,8H,7H2,1-2H3,(H,21,22)(H,23,24)(H3,18,19,20). The smallest absolute Gasteiger partial charge is 0.342 e. The van der Waals surface area contributed by atoms with E-state index in [1.54, 1.807) is 24.3 Å². The molecule has 0 saturated heterocycles. The maximum atomic E-state index is 12.0. The van der Waals surface area contributed by atoms with E-state index in [0.29, 0.717) is 11.5 Å². The highest BCUT2D eigenvalue weighted by Crippen LogP contribution is 2.29. The van der Waals surface area contributed by atoms with E-state index in [9.17, 15) is 24.6 Å². The van der Waals surface area contributed by atoms with Crippen molar-refractivity contribution < 1.29 is 19.8 Å². The number of H-pyrrole nitrogens is 1. The van der Waals surface area contributed by atoms with Crippen LogP contribution < -0.4 is 11.3 Å². The molecule has 0 fully saturated rings. The largest absolute Gasteiger partial charge is 0.478 e. The van der Waals surface area contributed by atoms with Crippen LogP contribution in [0.3, 0.4) is 0 Å². The van der Waals surface area contributed by atoms with Gasteiger partial charge in [0.05, 0.1) is 0 Å². The summed E-state index contributed by atoms with van der Waals surface area (Å²) in [6, 6.07) is 6.77. The van der Waals surface area contributed by atoms with Crippen LogP contribution in [0.1, 0.15) is 40.1 Å². The lowest BCUT2D eigenvalue weighted by atomic mass is 9.93. The lowest BCUT2D eigenvalue weighted by molar-refractivity contribution is 0.0695. The van der Waals surface area contributed by atoms with Crippen LogP contribution in [0.4, 0.5) is 5.82 Å². The first-order valence-electron chi connectivity index (χ1n) is 7.34. The summed E-state index contributed by atoms with van der Waals surface area (Å²) >= 11 is 0. The second-order valence-electron chi connectivity index (χ2n) is 5.90. The lowest BCUT2D eigenvalue weighted by Crippen LogP contribution is -2.24. The first-order valence-corrected chi connectivity index (χ1v) is 7.34. The van der Waals surface area contributed by atoms with E-state index in [1.807, 2.05) is 0 Å². The Morgan fingerprint density at radius 3 is 2.08 bits per heavy atom. The molecule has 126 valence electrons. The molecule has 0 aliphatic heterocycles. The van der Waals surface area contributed by atoms with Crippen LogP contribution in [-0.4, -0.2) is 27.1 Å². The second kappa shape index (κ2) is 6.57. The molecule has 2 aromatic rings. The van der Waals surface area contributed by atoms with Crippen molar-refractivity contribution in [2.45, 2.75) is 20.3 Å². The van der Waals surface area contributed by atoms with Gasteiger partial charge >= 0.3 is 11.9 Å². The van der Waals surface area contributed by atoms with Gasteiger partial charge in [-0.15, -0.1) is 0 Å². The third kappa shape index (κ3) is 3.29. The summed E-state index contributed by atoms with van der Waals surface area (Å²) < 4.78 is 0. The minimum Gasteiger partial charge on any atom is -0.478 e. The molecule has 0 aliphatic rings. The first kappa shape index (κ1) is 17.3. The minimum absolute atomic E-state index is 0.188. The Morgan fingerprint density at radius 2 is 1.62 bits per heavy atom. The van der Waals surface area contributed by atoms with Gasteiger partial charge in [0.1, 0.15) is 16.9 Å². The molecule has 0 atom stereocenters. The number of aromatic nitrogens is 1. The number of rotatable bonds is 5. The summed E-state index contributed by atoms with van der Waals surface area (Å²) in [6.45, 7) is 4.13. The Balaban J connectivity index is 2.74. The Morgan fingerprint density at radius 1 is 1.08 bits per heavy atom. The number of carboxylic acid groups (broad SMARTS) is 2. The number of pyridine rings is 1. The molecule has 0 spiro atoms. The molecule has 7 heteroatoms. The Labute approximate surface area is 137 Å². The molecular weight excluding hydrogens is 312 g/mol. The number of nitrogens with two attached hydrogens (primary N) is 1. The Bertz CT molecular complexity index is 851. The van der Waals surface area contributed by atoms with Gasteiger partial charge in [0.2, 0.25) is 0 Å². The van der Waals surface area contributed by atoms with Crippen LogP contribution in [0, 0.1) is 5.92 Å². The molecule has 0 radical (unpaired) electrons. The first-order chi connectivity index (χ1) is 11.2. The quantitative estimate of drug-likeness (QED) is 0.664. The molecule has 24 heavy (non-hydrogen) atoms. The zero-order valence-electron chi connectivity index (χ0n) is 13.3. The van der Waals surface area contributed by atoms with Crippen molar-refractivity contribution in [1.82, 2.24) is 4.98 Å². The zero-order chi connectivity index (χ0) is 18.0. The van der Waals surface area contributed by atoms with Gasteiger partial charge < -0.3 is 20.9 Å². The number of carboxylic acids is 2. The molecular formula is C17H18N2O5. The maximum absolute atomic E-state index is 12.0. The van der Waals surface area contributed by atoms with Crippen molar-refractivity contribution in [2.75, 3.05) is 5.73 Å². The number of nitrogen functional groups attached to an aromatic ring is 1. The van der Waals surface area contributed by atoms with Crippen molar-refractivity contribution in [3.8, 4) is 11.1 Å². The fourth-order valence-electron chi connectivity index (χ4n) is 2.61. The van der Waals surface area contributed by atoms with Crippen LogP contribution in [0.15, 0.2) is 29.1 Å². The number of aromatic carboxylic acids is 2. The van der Waals surface area contributed by atoms with E-state index in [4.69, 9.17) is 5.73 Å². The SMILES string of the molecule is CC(C)Cc1ccc(-c2c(C(=O)O)c(N)[nH]c(=O)c2C(=O)O)cc1. The molecule has 0 bridgehead atoms. The summed E-state index contributed by atoms with van der Waals surface area (Å²) in [5.41, 5.74) is 4.74. The van der Waals surface area contributed by atoms with Crippen LogP contribution >= 0.6 is 0 Å². The highest BCUT2D eigenvalue weighted by molar-refractivity contribution is 6.07. The van der Waals surface area contributed by atoms with Crippen LogP contribution in [-0.2, 0) is 6.42 Å². The van der Waals surface area contributed by atoms with Gasteiger partial charge in [0.25, 0.3) is 5.56 Å². The molecule has 1 aromatic carbocycles. The number of hydrogen-bond donors (Lipinski definition) is 4. The topological polar surface area (TPSA) is 133 Å². The van der Waals surface area contributed by atoms with Gasteiger partial charge in [-0.1, -0.05) is 38.1 Å². The molecule has 0 aliphatic carbocycles. The van der Waals surface area contributed by atoms with Crippen molar-refractivity contribution in [3.05, 3.63) is 51.3 Å². The van der Waals surface area contributed by atoms with Gasteiger partial charge in [-0.05, 0) is 23.5 Å². The normalized spacial score (nSPS) is 10.8. The van der Waals surface area contributed by atoms with E-state index >= 15 is 0 Å². The average Bonchev–Trinajstić information content (AvgIpc) is 2.45. The van der Waals surface area contributed by atoms with Crippen molar-refractivity contribution in [1.29, 1.82) is 0 Å². The third-order valence-electron chi connectivity index (χ3n) is 3.56. The second-order valence-corrected chi connectivity index (χ2v) is 5.90. The number of carbonyl (C=O) groups is 2. The number of nitrogens with one attached hydrogen (secondary N) is 1. The monoisotopic (exact) mass is 330 g/mol. The van der Waals surface area contributed by atoms with Gasteiger partial charge in [0.15, 0.2) is 0 Å². The predicted octanol–water partition coefficient (Wildman–Crippen LogP) is 2.22. The zero-order valence-corrected chi connectivity index (χ0v) is 13.3. The van der Waals surface area contributed by atoms with Crippen molar-refractivity contribution in [2.24, 2.45) is 5.92 Å². The van der Waals surface area contributed by atoms with Crippen LogP contribution in [0.5, 0.6) is 0 Å². The van der Waals surface area contributed by atoms with Gasteiger partial charge in [-0.2, -0.15) is 0 Å². The predicted molar refractivity (Wildman–Crippen MR) is 89.4 cm³/mol. The fraction of sp³-hybridized carbons (Fsp3) is 0.235. The van der Waals surface area contributed by atoms with Crippen LogP contribution in [0.2, 0.25) is 0 Å². The molecule has 1 aromatic heterocycles. The molecule has 0 amide bonds. The van der Waals surface area contributed by atoms with E-state index in [-0.39, 0.29) is 11.4 Å². The fourth-order valence-corrected chi connectivity index (χ4v) is 2.61. The van der Waals surface area contributed by atoms with Gasteiger partial charge in [-0.3, -0.25) is 4.79 Å². The van der Waals surface area contributed by atoms with E-state index in [2.05, 4.69) is 18.8 Å². The number of aromatic amines is 1. The highest BCUT2D eigenvalue weighted by atomic mass is 16.4. The lowest BCUT2D eigenvalue weighted by Gasteiger charge is -2.13. The summed E-state index contributed by atoms with van der Waals surface area (Å²) in [5.74, 6) is -2.86. The summed E-state index contributed by atoms with van der Waals surface area (Å²) in [4.78, 5) is 37.0. The molecule has 0 saturated carbocycles. The van der Waals surface area contributed by atoms with Gasteiger partial charge in [0, 0.05) is 5.56 Å². The maximum Gasteiger partial charge on any atom is 0.342 e. The Kier molecular flexibility index (Phi) is 4.73. The van der Waals surface area contributed by atoms with Crippen molar-refractivity contribution >= 4 is 17.8 Å². The third-order valence-corrected chi connectivity index (χ3v) is 3.56. The van der Waals surface area contributed by atoms with Crippen molar-refractivity contribution in [3.63, 3.8) is 0 Å². The molecule has 2 rings (SSSR count). The highest BCUT2D eigenvalue weighted by Gasteiger charge is 2.26. The summed E-state index contributed by atoms with van der Waals surface area (Å²) in [7, 11) is 0. The van der Waals surface area contributed by atoms with E-state index < -0.39 is 28.6 Å². The van der Waals surface area contributed by atoms with E-state index in [0.717, 1.165) is 12.0 Å². The van der Waals surface area contributed by atoms with Gasteiger partial charge in [-0.25, -0.2) is 9.59 Å². The molecule has 7 nitrogen and oxygen atoms in total. The molecule has 0 unspecified atom stereocenters. The minimum atomic E-state index is -1.51. The number of anilines is 1. The molecule has 5 N–H and O–H groups in total. The Hall–Kier alpha value is -3.09. The number of benzene rings is 1. The summed E-state index contributed by atoms with van der Waals surface area (Å²) in [5, 5.41) is 18.7.